The molecule has 2 aromatic carbocycles. The van der Waals surface area contributed by atoms with E-state index >= 15 is 0 Å². The molecule has 134 valence electrons. The van der Waals surface area contributed by atoms with Crippen molar-refractivity contribution in [3.63, 3.8) is 0 Å². The van der Waals surface area contributed by atoms with E-state index in [1.54, 1.807) is 30.3 Å². The van der Waals surface area contributed by atoms with Gasteiger partial charge in [-0.3, -0.25) is 9.35 Å². The molecule has 0 radical (unpaired) electrons. The van der Waals surface area contributed by atoms with Crippen molar-refractivity contribution < 1.29 is 27.6 Å². The Morgan fingerprint density at radius 3 is 2.40 bits per heavy atom. The summed E-state index contributed by atoms with van der Waals surface area (Å²) in [6.45, 7) is 2.25. The monoisotopic (exact) mass is 364 g/mol. The van der Waals surface area contributed by atoms with E-state index in [9.17, 15) is 22.9 Å². The summed E-state index contributed by atoms with van der Waals surface area (Å²) in [5, 5.41) is 10.1. The van der Waals surface area contributed by atoms with Crippen molar-refractivity contribution in [2.45, 2.75) is 31.1 Å². The largest absolute Gasteiger partial charge is 0.507 e. The second kappa shape index (κ2) is 8.13. The molecule has 2 aromatic rings. The molecule has 0 aliphatic heterocycles. The zero-order valence-electron chi connectivity index (χ0n) is 13.8. The lowest BCUT2D eigenvalue weighted by Gasteiger charge is -2.13. The first-order valence-corrected chi connectivity index (χ1v) is 9.35. The van der Waals surface area contributed by atoms with E-state index in [-0.39, 0.29) is 23.5 Å². The molecule has 6 nitrogen and oxygen atoms in total. The molecule has 25 heavy (non-hydrogen) atoms. The number of phenolic OH excluding ortho intramolecular Hbond substituents is 1. The van der Waals surface area contributed by atoms with Crippen molar-refractivity contribution in [2.24, 2.45) is 0 Å². The summed E-state index contributed by atoms with van der Waals surface area (Å²) in [5.41, 5.74) is 0.0652. The molecule has 0 bridgehead atoms. The minimum Gasteiger partial charge on any atom is -0.507 e. The number of benzene rings is 2. The number of carbonyl (C=O) groups is 1. The average molecular weight is 364 g/mol. The maximum Gasteiger partial charge on any atom is 0.298 e. The maximum atomic E-state index is 12.5. The fourth-order valence-corrected chi connectivity index (χ4v) is 2.96. The fourth-order valence-electron chi connectivity index (χ4n) is 2.32. The van der Waals surface area contributed by atoms with Crippen LogP contribution in [0.2, 0.25) is 0 Å². The van der Waals surface area contributed by atoms with Crippen molar-refractivity contribution in [2.75, 3.05) is 6.61 Å². The predicted octanol–water partition coefficient (Wildman–Crippen LogP) is 3.44. The highest BCUT2D eigenvalue weighted by molar-refractivity contribution is 7.86. The molecule has 0 aliphatic rings. The minimum absolute atomic E-state index is 0.180. The lowest BCUT2D eigenvalue weighted by atomic mass is 10.0. The van der Waals surface area contributed by atoms with E-state index < -0.39 is 26.5 Å². The average Bonchev–Trinajstić information content (AvgIpc) is 2.58. The molecule has 0 aliphatic carbocycles. The van der Waals surface area contributed by atoms with E-state index in [0.29, 0.717) is 6.42 Å². The summed E-state index contributed by atoms with van der Waals surface area (Å²) in [7, 11) is -4.62. The maximum absolute atomic E-state index is 12.5. The predicted molar refractivity (Wildman–Crippen MR) is 92.8 cm³/mol. The quantitative estimate of drug-likeness (QED) is 0.423. The molecule has 0 saturated carbocycles. The number of phenols is 1. The van der Waals surface area contributed by atoms with Gasteiger partial charge in [0, 0.05) is 11.6 Å². The standard InChI is InChI=1S/C18H20O6S/c1-2-3-7-10-24-16-12-15(19)14(11-17(16)25(21,22)23)18(20)13-8-5-4-6-9-13/h4-6,8-9,11-12,19H,2-3,7,10H2,1H3,(H,21,22,23). The van der Waals surface area contributed by atoms with Crippen LogP contribution in [0.15, 0.2) is 47.4 Å². The van der Waals surface area contributed by atoms with Gasteiger partial charge in [-0.05, 0) is 12.5 Å². The van der Waals surface area contributed by atoms with Crippen LogP contribution in [0.25, 0.3) is 0 Å². The van der Waals surface area contributed by atoms with Crippen LogP contribution in [0.3, 0.4) is 0 Å². The first-order valence-electron chi connectivity index (χ1n) is 7.91. The minimum atomic E-state index is -4.62. The topological polar surface area (TPSA) is 101 Å². The lowest BCUT2D eigenvalue weighted by molar-refractivity contribution is 0.103. The zero-order chi connectivity index (χ0) is 18.4. The van der Waals surface area contributed by atoms with Crippen LogP contribution in [0.5, 0.6) is 11.5 Å². The number of ketones is 1. The van der Waals surface area contributed by atoms with Crippen LogP contribution < -0.4 is 4.74 Å². The number of aromatic hydroxyl groups is 1. The Morgan fingerprint density at radius 1 is 1.12 bits per heavy atom. The third kappa shape index (κ3) is 4.80. The lowest BCUT2D eigenvalue weighted by Crippen LogP contribution is -2.09. The van der Waals surface area contributed by atoms with Crippen LogP contribution in [0, 0.1) is 0 Å². The number of unbranched alkanes of at least 4 members (excludes halogenated alkanes) is 2. The summed E-state index contributed by atoms with van der Waals surface area (Å²) >= 11 is 0. The molecule has 0 saturated heterocycles. The Balaban J connectivity index is 2.42. The second-order valence-electron chi connectivity index (χ2n) is 5.54. The Labute approximate surface area is 146 Å². The van der Waals surface area contributed by atoms with Gasteiger partial charge < -0.3 is 9.84 Å². The van der Waals surface area contributed by atoms with Gasteiger partial charge in [-0.15, -0.1) is 0 Å². The Morgan fingerprint density at radius 2 is 1.80 bits per heavy atom. The van der Waals surface area contributed by atoms with E-state index in [1.165, 1.54) is 0 Å². The number of ether oxygens (including phenoxy) is 1. The van der Waals surface area contributed by atoms with Crippen LogP contribution in [0.1, 0.15) is 42.1 Å². The number of hydrogen-bond acceptors (Lipinski definition) is 5. The molecule has 0 fully saturated rings. The first kappa shape index (κ1) is 19.0. The van der Waals surface area contributed by atoms with Gasteiger partial charge in [-0.2, -0.15) is 8.42 Å². The SMILES string of the molecule is CCCCCOc1cc(O)c(C(=O)c2ccccc2)cc1S(=O)(=O)O. The third-order valence-corrected chi connectivity index (χ3v) is 4.50. The molecular formula is C18H20O6S. The number of hydrogen-bond donors (Lipinski definition) is 2. The highest BCUT2D eigenvalue weighted by Gasteiger charge is 2.23. The fraction of sp³-hybridized carbons (Fsp3) is 0.278. The summed E-state index contributed by atoms with van der Waals surface area (Å²) in [6.07, 6.45) is 2.56. The normalized spacial score (nSPS) is 11.3. The molecule has 7 heteroatoms. The van der Waals surface area contributed by atoms with Crippen molar-refractivity contribution >= 4 is 15.9 Å². The Hall–Kier alpha value is -2.38. The molecule has 0 unspecified atom stereocenters. The smallest absolute Gasteiger partial charge is 0.298 e. The van der Waals surface area contributed by atoms with Gasteiger partial charge in [0.05, 0.1) is 12.2 Å². The Bertz CT molecular complexity index is 843. The molecule has 0 amide bonds. The molecule has 0 atom stereocenters. The number of rotatable bonds is 8. The molecule has 0 spiro atoms. The van der Waals surface area contributed by atoms with Gasteiger partial charge in [0.2, 0.25) is 0 Å². The van der Waals surface area contributed by atoms with Crippen molar-refractivity contribution in [3.8, 4) is 11.5 Å². The van der Waals surface area contributed by atoms with E-state index in [0.717, 1.165) is 25.0 Å². The second-order valence-corrected chi connectivity index (χ2v) is 6.93. The molecule has 0 heterocycles. The van der Waals surface area contributed by atoms with Gasteiger partial charge in [0.1, 0.15) is 16.4 Å². The van der Waals surface area contributed by atoms with Crippen LogP contribution in [-0.2, 0) is 10.1 Å². The van der Waals surface area contributed by atoms with E-state index in [2.05, 4.69) is 0 Å². The van der Waals surface area contributed by atoms with Gasteiger partial charge in [-0.1, -0.05) is 50.1 Å². The summed E-state index contributed by atoms with van der Waals surface area (Å²) in [6, 6.07) is 10.1. The van der Waals surface area contributed by atoms with Gasteiger partial charge in [0.15, 0.2) is 5.78 Å². The van der Waals surface area contributed by atoms with Crippen molar-refractivity contribution in [1.82, 2.24) is 0 Å². The first-order chi connectivity index (χ1) is 11.8. The van der Waals surface area contributed by atoms with Crippen LogP contribution in [-0.4, -0.2) is 30.5 Å². The molecule has 2 N–H and O–H groups in total. The third-order valence-electron chi connectivity index (χ3n) is 3.63. The molecule has 0 aromatic heterocycles. The summed E-state index contributed by atoms with van der Waals surface area (Å²) in [4.78, 5) is 11.9. The molecular weight excluding hydrogens is 344 g/mol. The highest BCUT2D eigenvalue weighted by atomic mass is 32.2. The summed E-state index contributed by atoms with van der Waals surface area (Å²) < 4.78 is 38.1. The van der Waals surface area contributed by atoms with Gasteiger partial charge >= 0.3 is 0 Å². The molecule has 2 rings (SSSR count). The van der Waals surface area contributed by atoms with E-state index in [4.69, 9.17) is 4.74 Å². The zero-order valence-corrected chi connectivity index (χ0v) is 14.6. The van der Waals surface area contributed by atoms with Crippen molar-refractivity contribution in [1.29, 1.82) is 0 Å². The number of carbonyl (C=O) groups excluding carboxylic acids is 1. The van der Waals surface area contributed by atoms with Crippen LogP contribution in [0.4, 0.5) is 0 Å². The Kier molecular flexibility index (Phi) is 6.17. The summed E-state index contributed by atoms with van der Waals surface area (Å²) in [5.74, 6) is -1.15. The van der Waals surface area contributed by atoms with E-state index in [1.807, 2.05) is 6.92 Å². The van der Waals surface area contributed by atoms with Gasteiger partial charge in [0.25, 0.3) is 10.1 Å². The van der Waals surface area contributed by atoms with Gasteiger partial charge in [-0.25, -0.2) is 0 Å². The van der Waals surface area contributed by atoms with Crippen molar-refractivity contribution in [3.05, 3.63) is 53.6 Å². The van der Waals surface area contributed by atoms with Crippen LogP contribution >= 0.6 is 0 Å². The highest BCUT2D eigenvalue weighted by Crippen LogP contribution is 2.33.